The van der Waals surface area contributed by atoms with E-state index in [1.54, 1.807) is 7.11 Å². The van der Waals surface area contributed by atoms with Gasteiger partial charge in [0, 0.05) is 38.6 Å². The smallest absolute Gasteiger partial charge is 0.203 e. The molecule has 3 rings (SSSR count). The monoisotopic (exact) mass is 264 g/mol. The molecule has 2 aliphatic rings. The molecule has 0 aromatic carbocycles. The average Bonchev–Trinajstić information content (AvgIpc) is 3.04. The number of fused-ring (bicyclic) bond motifs is 1. The van der Waals surface area contributed by atoms with Crippen molar-refractivity contribution in [2.24, 2.45) is 0 Å². The molecule has 0 bridgehead atoms. The number of imidazole rings is 1. The Bertz CT molecular complexity index is 406. The van der Waals surface area contributed by atoms with Gasteiger partial charge in [0.1, 0.15) is 0 Å². The lowest BCUT2D eigenvalue weighted by Crippen LogP contribution is -2.37. The highest BCUT2D eigenvalue weighted by atomic mass is 16.5. The molecule has 1 aromatic rings. The highest BCUT2D eigenvalue weighted by molar-refractivity contribution is 5.27. The van der Waals surface area contributed by atoms with Crippen LogP contribution >= 0.6 is 0 Å². The van der Waals surface area contributed by atoms with Gasteiger partial charge in [0.05, 0.1) is 12.6 Å². The number of ether oxygens (including phenoxy) is 1. The molecule has 2 aliphatic heterocycles. The third-order valence-electron chi connectivity index (χ3n) is 4.44. The second-order valence-electron chi connectivity index (χ2n) is 5.53. The van der Waals surface area contributed by atoms with Gasteiger partial charge in [0.15, 0.2) is 0 Å². The third-order valence-corrected chi connectivity index (χ3v) is 4.44. The maximum absolute atomic E-state index is 5.08. The van der Waals surface area contributed by atoms with Crippen LogP contribution in [0.3, 0.4) is 0 Å². The van der Waals surface area contributed by atoms with Crippen molar-refractivity contribution in [1.82, 2.24) is 14.5 Å². The summed E-state index contributed by atoms with van der Waals surface area (Å²) >= 11 is 0. The molecular formula is C14H24N4O. The zero-order valence-electron chi connectivity index (χ0n) is 11.7. The van der Waals surface area contributed by atoms with Gasteiger partial charge in [-0.15, -0.1) is 0 Å². The Labute approximate surface area is 114 Å². The summed E-state index contributed by atoms with van der Waals surface area (Å²) in [5, 5.41) is 3.37. The van der Waals surface area contributed by atoms with E-state index in [4.69, 9.17) is 4.74 Å². The van der Waals surface area contributed by atoms with Crippen molar-refractivity contribution in [1.29, 1.82) is 0 Å². The maximum atomic E-state index is 5.08. The van der Waals surface area contributed by atoms with E-state index in [0.29, 0.717) is 18.7 Å². The van der Waals surface area contributed by atoms with Gasteiger partial charge in [-0.25, -0.2) is 4.98 Å². The number of hydrogen-bond acceptors (Lipinski definition) is 4. The van der Waals surface area contributed by atoms with E-state index in [-0.39, 0.29) is 0 Å². The van der Waals surface area contributed by atoms with Gasteiger partial charge in [-0.1, -0.05) is 6.42 Å². The van der Waals surface area contributed by atoms with E-state index in [2.05, 4.69) is 26.0 Å². The minimum Gasteiger partial charge on any atom is -0.383 e. The molecule has 1 N–H and O–H groups in total. The first kappa shape index (κ1) is 12.9. The second kappa shape index (κ2) is 5.92. The van der Waals surface area contributed by atoms with E-state index in [1.165, 1.54) is 38.8 Å². The quantitative estimate of drug-likeness (QED) is 0.823. The first-order valence-electron chi connectivity index (χ1n) is 7.40. The van der Waals surface area contributed by atoms with Gasteiger partial charge in [0.25, 0.3) is 0 Å². The Balaban J connectivity index is 1.69. The van der Waals surface area contributed by atoms with Crippen molar-refractivity contribution in [2.45, 2.75) is 37.8 Å². The standard InChI is InChI=1S/C14H24N4O/c1-19-11-7-16-14-15-6-10-18(14)13-5-9-17-8-3-2-4-12(13)17/h6,10,12-13H,2-5,7-9,11H2,1H3,(H,15,16). The predicted molar refractivity (Wildman–Crippen MR) is 75.5 cm³/mol. The minimum absolute atomic E-state index is 0.591. The maximum Gasteiger partial charge on any atom is 0.203 e. The summed E-state index contributed by atoms with van der Waals surface area (Å²) in [6.07, 6.45) is 9.35. The fourth-order valence-electron chi connectivity index (χ4n) is 3.53. The third kappa shape index (κ3) is 2.62. The Kier molecular flexibility index (Phi) is 4.03. The van der Waals surface area contributed by atoms with Crippen molar-refractivity contribution in [3.05, 3.63) is 12.4 Å². The number of piperidine rings is 1. The number of hydrogen-bond donors (Lipinski definition) is 1. The molecule has 2 fully saturated rings. The molecule has 2 unspecified atom stereocenters. The van der Waals surface area contributed by atoms with Crippen LogP contribution in [-0.2, 0) is 4.74 Å². The van der Waals surface area contributed by atoms with Crippen molar-refractivity contribution in [2.75, 3.05) is 38.7 Å². The molecule has 0 radical (unpaired) electrons. The molecule has 1 aromatic heterocycles. The van der Waals surface area contributed by atoms with Crippen LogP contribution in [0.5, 0.6) is 0 Å². The van der Waals surface area contributed by atoms with Gasteiger partial charge in [-0.05, 0) is 25.8 Å². The molecule has 0 spiro atoms. The Hall–Kier alpha value is -1.07. The lowest BCUT2D eigenvalue weighted by molar-refractivity contribution is 0.174. The number of methoxy groups -OCH3 is 1. The lowest BCUT2D eigenvalue weighted by Gasteiger charge is -2.33. The molecule has 5 nitrogen and oxygen atoms in total. The molecule has 3 heterocycles. The van der Waals surface area contributed by atoms with Crippen LogP contribution in [0, 0.1) is 0 Å². The first-order chi connectivity index (χ1) is 9.40. The Morgan fingerprint density at radius 1 is 1.32 bits per heavy atom. The van der Waals surface area contributed by atoms with Gasteiger partial charge < -0.3 is 14.6 Å². The number of rotatable bonds is 5. The molecule has 106 valence electrons. The molecule has 19 heavy (non-hydrogen) atoms. The summed E-state index contributed by atoms with van der Waals surface area (Å²) in [7, 11) is 1.73. The van der Waals surface area contributed by atoms with E-state index < -0.39 is 0 Å². The summed E-state index contributed by atoms with van der Waals surface area (Å²) in [4.78, 5) is 7.11. The van der Waals surface area contributed by atoms with Crippen LogP contribution in [0.25, 0.3) is 0 Å². The van der Waals surface area contributed by atoms with Crippen LogP contribution in [-0.4, -0.2) is 53.8 Å². The van der Waals surface area contributed by atoms with Crippen molar-refractivity contribution in [3.63, 3.8) is 0 Å². The zero-order valence-corrected chi connectivity index (χ0v) is 11.7. The van der Waals surface area contributed by atoms with Gasteiger partial charge in [0.2, 0.25) is 5.95 Å². The van der Waals surface area contributed by atoms with Gasteiger partial charge in [-0.2, -0.15) is 0 Å². The molecule has 0 aliphatic carbocycles. The van der Waals surface area contributed by atoms with E-state index >= 15 is 0 Å². The zero-order chi connectivity index (χ0) is 13.1. The summed E-state index contributed by atoms with van der Waals surface area (Å²) in [5.41, 5.74) is 0. The predicted octanol–water partition coefficient (Wildman–Crippen LogP) is 1.74. The van der Waals surface area contributed by atoms with Crippen LogP contribution in [0.4, 0.5) is 5.95 Å². The topological polar surface area (TPSA) is 42.3 Å². The normalized spacial score (nSPS) is 27.4. The first-order valence-corrected chi connectivity index (χ1v) is 7.40. The second-order valence-corrected chi connectivity index (χ2v) is 5.53. The molecule has 2 saturated heterocycles. The van der Waals surface area contributed by atoms with Crippen LogP contribution < -0.4 is 5.32 Å². The van der Waals surface area contributed by atoms with Gasteiger partial charge >= 0.3 is 0 Å². The molecular weight excluding hydrogens is 240 g/mol. The summed E-state index contributed by atoms with van der Waals surface area (Å²) in [6, 6.07) is 1.30. The largest absolute Gasteiger partial charge is 0.383 e. The van der Waals surface area contributed by atoms with Crippen LogP contribution in [0.15, 0.2) is 12.4 Å². The van der Waals surface area contributed by atoms with Crippen molar-refractivity contribution in [3.8, 4) is 0 Å². The molecule has 2 atom stereocenters. The Morgan fingerprint density at radius 2 is 2.26 bits per heavy atom. The summed E-state index contributed by atoms with van der Waals surface area (Å²) in [6.45, 7) is 4.05. The van der Waals surface area contributed by atoms with Crippen molar-refractivity contribution < 1.29 is 4.74 Å². The highest BCUT2D eigenvalue weighted by Crippen LogP contribution is 2.36. The molecule has 0 saturated carbocycles. The molecule has 5 heteroatoms. The highest BCUT2D eigenvalue weighted by Gasteiger charge is 2.37. The minimum atomic E-state index is 0.591. The Morgan fingerprint density at radius 3 is 3.16 bits per heavy atom. The van der Waals surface area contributed by atoms with E-state index in [1.807, 2.05) is 6.20 Å². The number of anilines is 1. The van der Waals surface area contributed by atoms with E-state index in [9.17, 15) is 0 Å². The SMILES string of the molecule is COCCNc1nccn1C1CCN2CCCCC12. The van der Waals surface area contributed by atoms with Crippen molar-refractivity contribution >= 4 is 5.95 Å². The summed E-state index contributed by atoms with van der Waals surface area (Å²) < 4.78 is 7.42. The average molecular weight is 264 g/mol. The van der Waals surface area contributed by atoms with Gasteiger partial charge in [-0.3, -0.25) is 4.90 Å². The fourth-order valence-corrected chi connectivity index (χ4v) is 3.53. The number of nitrogens with one attached hydrogen (secondary N) is 1. The lowest BCUT2D eigenvalue weighted by atomic mass is 9.99. The fraction of sp³-hybridized carbons (Fsp3) is 0.786. The number of nitrogens with zero attached hydrogens (tertiary/aromatic N) is 3. The summed E-state index contributed by atoms with van der Waals surface area (Å²) in [5.74, 6) is 0.995. The van der Waals surface area contributed by atoms with E-state index in [0.717, 1.165) is 12.5 Å². The molecule has 0 amide bonds. The van der Waals surface area contributed by atoms with Crippen LogP contribution in [0.1, 0.15) is 31.7 Å². The number of aromatic nitrogens is 2. The van der Waals surface area contributed by atoms with Crippen LogP contribution in [0.2, 0.25) is 0 Å².